The number of hydrogen-bond donors (Lipinski definition) is 2. The van der Waals surface area contributed by atoms with Crippen molar-refractivity contribution in [2.75, 3.05) is 5.32 Å². The quantitative estimate of drug-likeness (QED) is 0.482. The zero-order chi connectivity index (χ0) is 21.0. The number of hydrogen-bond acceptors (Lipinski definition) is 5. The van der Waals surface area contributed by atoms with E-state index in [1.54, 1.807) is 36.4 Å². The Hall–Kier alpha value is -2.06. The maximum absolute atomic E-state index is 12.3. The fourth-order valence-corrected chi connectivity index (χ4v) is 4.00. The van der Waals surface area contributed by atoms with E-state index in [2.05, 4.69) is 20.8 Å². The molecule has 1 atom stereocenters. The number of benzene rings is 2. The molecule has 1 heterocycles. The average Bonchev–Trinajstić information content (AvgIpc) is 3.00. The zero-order valence-corrected chi connectivity index (χ0v) is 18.2. The lowest BCUT2D eigenvalue weighted by molar-refractivity contribution is -0.122. The van der Waals surface area contributed by atoms with Crippen LogP contribution in [0.1, 0.15) is 17.5 Å². The third-order valence-corrected chi connectivity index (χ3v) is 6.04. The third kappa shape index (κ3) is 5.73. The van der Waals surface area contributed by atoms with Crippen molar-refractivity contribution in [3.05, 3.63) is 62.6 Å². The highest BCUT2D eigenvalue weighted by atomic mass is 35.5. The van der Waals surface area contributed by atoms with Gasteiger partial charge in [-0.05, 0) is 36.8 Å². The molecule has 150 valence electrons. The van der Waals surface area contributed by atoms with Crippen molar-refractivity contribution >= 4 is 75.4 Å². The summed E-state index contributed by atoms with van der Waals surface area (Å²) in [6, 6.07) is 10.2. The summed E-state index contributed by atoms with van der Waals surface area (Å²) in [5.74, 6) is -0.591. The van der Waals surface area contributed by atoms with Gasteiger partial charge in [0.15, 0.2) is 5.17 Å². The second kappa shape index (κ2) is 9.63. The van der Waals surface area contributed by atoms with Gasteiger partial charge in [-0.15, -0.1) is 5.10 Å². The average molecular weight is 470 g/mol. The highest BCUT2D eigenvalue weighted by Crippen LogP contribution is 2.26. The number of amidine groups is 1. The SMILES string of the molecule is Cc1c(Cl)cccc1NC(=O)C[C@@H]1S/C(=N\N=C/c2ccc(Cl)cc2Cl)NC1=O. The zero-order valence-electron chi connectivity index (χ0n) is 15.1. The third-order valence-electron chi connectivity index (χ3n) is 4.00. The molecule has 1 aliphatic rings. The standard InChI is InChI=1S/C19H15Cl3N4O2S/c1-10-13(21)3-2-4-15(10)24-17(27)8-16-18(28)25-19(29-16)26-23-9-11-5-6-12(20)7-14(11)22/h2-7,9,16H,8H2,1H3,(H,24,27)(H,25,26,28)/b23-9-/t16-/m0/s1. The molecule has 0 spiro atoms. The van der Waals surface area contributed by atoms with Crippen LogP contribution in [0.5, 0.6) is 0 Å². The number of carbonyl (C=O) groups excluding carboxylic acids is 2. The van der Waals surface area contributed by atoms with Gasteiger partial charge in [-0.25, -0.2) is 0 Å². The molecule has 2 N–H and O–H groups in total. The van der Waals surface area contributed by atoms with Crippen LogP contribution in [0.3, 0.4) is 0 Å². The van der Waals surface area contributed by atoms with E-state index in [9.17, 15) is 9.59 Å². The van der Waals surface area contributed by atoms with E-state index in [0.717, 1.165) is 17.3 Å². The lowest BCUT2D eigenvalue weighted by Crippen LogP contribution is -2.28. The molecule has 0 saturated carbocycles. The van der Waals surface area contributed by atoms with Crippen LogP contribution in [-0.4, -0.2) is 28.4 Å². The van der Waals surface area contributed by atoms with Gasteiger partial charge in [0.2, 0.25) is 11.8 Å². The Morgan fingerprint density at radius 1 is 1.24 bits per heavy atom. The number of amides is 2. The van der Waals surface area contributed by atoms with E-state index < -0.39 is 5.25 Å². The number of anilines is 1. The minimum atomic E-state index is -0.595. The molecule has 29 heavy (non-hydrogen) atoms. The van der Waals surface area contributed by atoms with E-state index in [1.165, 1.54) is 6.21 Å². The lowest BCUT2D eigenvalue weighted by Gasteiger charge is -2.10. The normalized spacial score (nSPS) is 17.7. The highest BCUT2D eigenvalue weighted by molar-refractivity contribution is 8.15. The van der Waals surface area contributed by atoms with Crippen LogP contribution in [0.2, 0.25) is 15.1 Å². The number of halogens is 3. The first kappa shape index (κ1) is 21.6. The molecule has 1 saturated heterocycles. The Morgan fingerprint density at radius 3 is 2.79 bits per heavy atom. The summed E-state index contributed by atoms with van der Waals surface area (Å²) in [5, 5.41) is 14.5. The van der Waals surface area contributed by atoms with Crippen molar-refractivity contribution in [2.45, 2.75) is 18.6 Å². The number of rotatable bonds is 5. The van der Waals surface area contributed by atoms with Gasteiger partial charge >= 0.3 is 0 Å². The van der Waals surface area contributed by atoms with Crippen LogP contribution in [0.15, 0.2) is 46.6 Å². The summed E-state index contributed by atoms with van der Waals surface area (Å²) in [7, 11) is 0. The molecular weight excluding hydrogens is 455 g/mol. The van der Waals surface area contributed by atoms with Gasteiger partial charge in [0.1, 0.15) is 5.25 Å². The summed E-state index contributed by atoms with van der Waals surface area (Å²) in [6.45, 7) is 1.81. The Kier molecular flexibility index (Phi) is 7.18. The Morgan fingerprint density at radius 2 is 2.03 bits per heavy atom. The second-order valence-electron chi connectivity index (χ2n) is 6.08. The van der Waals surface area contributed by atoms with Crippen LogP contribution >= 0.6 is 46.6 Å². The summed E-state index contributed by atoms with van der Waals surface area (Å²) in [5.41, 5.74) is 2.02. The van der Waals surface area contributed by atoms with Gasteiger partial charge in [0, 0.05) is 27.7 Å². The van der Waals surface area contributed by atoms with Crippen molar-refractivity contribution in [3.8, 4) is 0 Å². The van der Waals surface area contributed by atoms with E-state index in [0.29, 0.717) is 31.5 Å². The minimum Gasteiger partial charge on any atom is -0.326 e. The molecular formula is C19H15Cl3N4O2S. The molecule has 0 radical (unpaired) electrons. The second-order valence-corrected chi connectivity index (χ2v) is 8.52. The predicted molar refractivity (Wildman–Crippen MR) is 120 cm³/mol. The van der Waals surface area contributed by atoms with Gasteiger partial charge in [0.05, 0.1) is 11.2 Å². The molecule has 6 nitrogen and oxygen atoms in total. The van der Waals surface area contributed by atoms with Crippen LogP contribution in [-0.2, 0) is 9.59 Å². The van der Waals surface area contributed by atoms with E-state index in [4.69, 9.17) is 34.8 Å². The lowest BCUT2D eigenvalue weighted by atomic mass is 10.2. The van der Waals surface area contributed by atoms with Gasteiger partial charge in [-0.3, -0.25) is 9.59 Å². The molecule has 0 bridgehead atoms. The Balaban J connectivity index is 1.59. The summed E-state index contributed by atoms with van der Waals surface area (Å²) in [4.78, 5) is 24.4. The Bertz CT molecular complexity index is 1030. The largest absolute Gasteiger partial charge is 0.326 e. The number of carbonyl (C=O) groups is 2. The maximum Gasteiger partial charge on any atom is 0.240 e. The molecule has 1 fully saturated rings. The van der Waals surface area contributed by atoms with Gasteiger partial charge in [0.25, 0.3) is 0 Å². The molecule has 0 unspecified atom stereocenters. The summed E-state index contributed by atoms with van der Waals surface area (Å²) in [6.07, 6.45) is 1.45. The summed E-state index contributed by atoms with van der Waals surface area (Å²) < 4.78 is 0. The van der Waals surface area contributed by atoms with Crippen molar-refractivity contribution < 1.29 is 9.59 Å². The number of nitrogens with one attached hydrogen (secondary N) is 2. The van der Waals surface area contributed by atoms with Crippen molar-refractivity contribution in [1.82, 2.24) is 5.32 Å². The highest BCUT2D eigenvalue weighted by Gasteiger charge is 2.32. The van der Waals surface area contributed by atoms with Crippen LogP contribution in [0.25, 0.3) is 0 Å². The number of thioether (sulfide) groups is 1. The van der Waals surface area contributed by atoms with Crippen LogP contribution < -0.4 is 10.6 Å². The molecule has 1 aliphatic heterocycles. The van der Waals surface area contributed by atoms with Gasteiger partial charge in [-0.1, -0.05) is 58.7 Å². The molecule has 0 aliphatic carbocycles. The Labute approximate surface area is 186 Å². The van der Waals surface area contributed by atoms with Crippen LogP contribution in [0.4, 0.5) is 5.69 Å². The minimum absolute atomic E-state index is 0.00575. The molecule has 10 heteroatoms. The van der Waals surface area contributed by atoms with E-state index in [1.807, 2.05) is 6.92 Å². The predicted octanol–water partition coefficient (Wildman–Crippen LogP) is 4.91. The van der Waals surface area contributed by atoms with E-state index >= 15 is 0 Å². The molecule has 2 amide bonds. The topological polar surface area (TPSA) is 82.9 Å². The van der Waals surface area contributed by atoms with Crippen LogP contribution in [0, 0.1) is 6.92 Å². The first-order valence-electron chi connectivity index (χ1n) is 8.42. The first-order valence-corrected chi connectivity index (χ1v) is 10.4. The first-order chi connectivity index (χ1) is 13.8. The van der Waals surface area contributed by atoms with Crippen molar-refractivity contribution in [3.63, 3.8) is 0 Å². The monoisotopic (exact) mass is 468 g/mol. The fraction of sp³-hybridized carbons (Fsp3) is 0.158. The molecule has 3 rings (SSSR count). The smallest absolute Gasteiger partial charge is 0.240 e. The van der Waals surface area contributed by atoms with E-state index in [-0.39, 0.29) is 18.2 Å². The fourth-order valence-electron chi connectivity index (χ4n) is 2.45. The number of nitrogens with zero attached hydrogens (tertiary/aromatic N) is 2. The molecule has 2 aromatic carbocycles. The van der Waals surface area contributed by atoms with Crippen molar-refractivity contribution in [1.29, 1.82) is 0 Å². The molecule has 0 aromatic heterocycles. The maximum atomic E-state index is 12.3. The summed E-state index contributed by atoms with van der Waals surface area (Å²) >= 11 is 19.1. The van der Waals surface area contributed by atoms with Gasteiger partial charge in [-0.2, -0.15) is 5.10 Å². The van der Waals surface area contributed by atoms with Crippen molar-refractivity contribution in [2.24, 2.45) is 10.2 Å². The van der Waals surface area contributed by atoms with Gasteiger partial charge < -0.3 is 10.6 Å². The molecule has 2 aromatic rings.